The summed E-state index contributed by atoms with van der Waals surface area (Å²) in [6, 6.07) is 4.47. The summed E-state index contributed by atoms with van der Waals surface area (Å²) in [5.41, 5.74) is 0. The van der Waals surface area contributed by atoms with Crippen molar-refractivity contribution < 1.29 is 8.83 Å². The van der Waals surface area contributed by atoms with Gasteiger partial charge in [0, 0.05) is 12.6 Å². The third-order valence-electron chi connectivity index (χ3n) is 4.33. The summed E-state index contributed by atoms with van der Waals surface area (Å²) < 4.78 is 11.0. The molecule has 5 heteroatoms. The van der Waals surface area contributed by atoms with E-state index in [1.807, 2.05) is 12.1 Å². The SMILES string of the molecule is c1coc(-c2nnc(C3CCN(C4CCC4)C3)o2)c1. The quantitative estimate of drug-likeness (QED) is 0.848. The van der Waals surface area contributed by atoms with Gasteiger partial charge in [0.2, 0.25) is 5.89 Å². The first-order chi connectivity index (χ1) is 9.40. The number of aromatic nitrogens is 2. The van der Waals surface area contributed by atoms with Gasteiger partial charge >= 0.3 is 0 Å². The van der Waals surface area contributed by atoms with Crippen LogP contribution in [0, 0.1) is 0 Å². The third-order valence-corrected chi connectivity index (χ3v) is 4.33. The van der Waals surface area contributed by atoms with E-state index >= 15 is 0 Å². The second-order valence-electron chi connectivity index (χ2n) is 5.49. The maximum absolute atomic E-state index is 5.75. The third kappa shape index (κ3) is 1.98. The van der Waals surface area contributed by atoms with E-state index in [2.05, 4.69) is 15.1 Å². The second-order valence-corrected chi connectivity index (χ2v) is 5.49. The molecule has 2 aliphatic rings. The summed E-state index contributed by atoms with van der Waals surface area (Å²) in [4.78, 5) is 2.57. The fourth-order valence-electron chi connectivity index (χ4n) is 2.97. The first-order valence-electron chi connectivity index (χ1n) is 7.01. The van der Waals surface area contributed by atoms with E-state index in [4.69, 9.17) is 8.83 Å². The zero-order chi connectivity index (χ0) is 12.7. The standard InChI is InChI=1S/C14H17N3O2/c1-3-11(4-1)17-7-6-10(9-17)13-15-16-14(19-13)12-5-2-8-18-12/h2,5,8,10-11H,1,3-4,6-7,9H2. The Balaban J connectivity index is 1.48. The van der Waals surface area contributed by atoms with Crippen LogP contribution in [0.5, 0.6) is 0 Å². The highest BCUT2D eigenvalue weighted by Gasteiger charge is 2.34. The average molecular weight is 259 g/mol. The molecule has 1 unspecified atom stereocenters. The Hall–Kier alpha value is -1.62. The van der Waals surface area contributed by atoms with Crippen LogP contribution in [0.25, 0.3) is 11.7 Å². The Morgan fingerprint density at radius 3 is 2.89 bits per heavy atom. The van der Waals surface area contributed by atoms with E-state index < -0.39 is 0 Å². The molecule has 19 heavy (non-hydrogen) atoms. The molecule has 1 aliphatic heterocycles. The first-order valence-corrected chi connectivity index (χ1v) is 7.01. The fourth-order valence-corrected chi connectivity index (χ4v) is 2.97. The predicted molar refractivity (Wildman–Crippen MR) is 68.6 cm³/mol. The summed E-state index contributed by atoms with van der Waals surface area (Å²) in [6.07, 6.45) is 6.83. The van der Waals surface area contributed by atoms with Crippen molar-refractivity contribution >= 4 is 0 Å². The molecule has 3 heterocycles. The lowest BCUT2D eigenvalue weighted by Gasteiger charge is -2.34. The Morgan fingerprint density at radius 2 is 2.16 bits per heavy atom. The monoisotopic (exact) mass is 259 g/mol. The van der Waals surface area contributed by atoms with E-state index in [0.717, 1.165) is 31.4 Å². The molecule has 2 aromatic heterocycles. The van der Waals surface area contributed by atoms with E-state index in [9.17, 15) is 0 Å². The second kappa shape index (κ2) is 4.49. The number of rotatable bonds is 3. The van der Waals surface area contributed by atoms with Crippen LogP contribution in [-0.4, -0.2) is 34.2 Å². The smallest absolute Gasteiger partial charge is 0.283 e. The number of likely N-dealkylation sites (tertiary alicyclic amines) is 1. The van der Waals surface area contributed by atoms with Crippen molar-refractivity contribution in [2.45, 2.75) is 37.6 Å². The molecule has 1 atom stereocenters. The van der Waals surface area contributed by atoms with Gasteiger partial charge in [-0.15, -0.1) is 10.2 Å². The van der Waals surface area contributed by atoms with Crippen LogP contribution in [0.4, 0.5) is 0 Å². The van der Waals surface area contributed by atoms with Gasteiger partial charge in [-0.25, -0.2) is 0 Å². The molecule has 1 aliphatic carbocycles. The van der Waals surface area contributed by atoms with Crippen LogP contribution in [-0.2, 0) is 0 Å². The normalized spacial score (nSPS) is 24.7. The molecular formula is C14H17N3O2. The van der Waals surface area contributed by atoms with Gasteiger partial charge in [0.1, 0.15) is 0 Å². The summed E-state index contributed by atoms with van der Waals surface area (Å²) in [5, 5.41) is 8.27. The van der Waals surface area contributed by atoms with E-state index in [0.29, 0.717) is 17.6 Å². The molecule has 4 rings (SSSR count). The fraction of sp³-hybridized carbons (Fsp3) is 0.571. The van der Waals surface area contributed by atoms with Crippen molar-refractivity contribution in [1.29, 1.82) is 0 Å². The van der Waals surface area contributed by atoms with Crippen molar-refractivity contribution in [1.82, 2.24) is 15.1 Å². The Morgan fingerprint density at radius 1 is 1.21 bits per heavy atom. The van der Waals surface area contributed by atoms with Gasteiger partial charge in [-0.3, -0.25) is 4.90 Å². The van der Waals surface area contributed by atoms with Gasteiger partial charge in [0.15, 0.2) is 5.76 Å². The van der Waals surface area contributed by atoms with Gasteiger partial charge in [-0.1, -0.05) is 6.42 Å². The summed E-state index contributed by atoms with van der Waals surface area (Å²) in [5.74, 6) is 2.28. The van der Waals surface area contributed by atoms with Crippen LogP contribution >= 0.6 is 0 Å². The highest BCUT2D eigenvalue weighted by Crippen LogP contribution is 2.34. The van der Waals surface area contributed by atoms with Gasteiger partial charge in [0.05, 0.1) is 12.2 Å². The van der Waals surface area contributed by atoms with E-state index in [1.54, 1.807) is 6.26 Å². The minimum Gasteiger partial charge on any atom is -0.459 e. The van der Waals surface area contributed by atoms with Crippen LogP contribution < -0.4 is 0 Å². The van der Waals surface area contributed by atoms with Crippen LogP contribution in [0.15, 0.2) is 27.2 Å². The van der Waals surface area contributed by atoms with Gasteiger partial charge in [-0.2, -0.15) is 0 Å². The molecule has 5 nitrogen and oxygen atoms in total. The molecule has 2 aromatic rings. The summed E-state index contributed by atoms with van der Waals surface area (Å²) in [7, 11) is 0. The van der Waals surface area contributed by atoms with Crippen LogP contribution in [0.1, 0.15) is 37.5 Å². The molecule has 100 valence electrons. The summed E-state index contributed by atoms with van der Waals surface area (Å²) in [6.45, 7) is 2.22. The first kappa shape index (κ1) is 11.2. The Bertz CT molecular complexity index is 545. The van der Waals surface area contributed by atoms with Gasteiger partial charge in [0.25, 0.3) is 5.89 Å². The molecule has 0 bridgehead atoms. The van der Waals surface area contributed by atoms with Crippen LogP contribution in [0.3, 0.4) is 0 Å². The number of hydrogen-bond acceptors (Lipinski definition) is 5. The topological polar surface area (TPSA) is 55.3 Å². The maximum atomic E-state index is 5.75. The number of furan rings is 1. The summed E-state index contributed by atoms with van der Waals surface area (Å²) >= 11 is 0. The number of nitrogens with zero attached hydrogens (tertiary/aromatic N) is 3. The van der Waals surface area contributed by atoms with Crippen molar-refractivity contribution in [2.24, 2.45) is 0 Å². The van der Waals surface area contributed by atoms with Gasteiger partial charge in [-0.05, 0) is 37.9 Å². The maximum Gasteiger partial charge on any atom is 0.283 e. The molecule has 2 fully saturated rings. The molecule has 0 aromatic carbocycles. The lowest BCUT2D eigenvalue weighted by Crippen LogP contribution is -2.38. The number of hydrogen-bond donors (Lipinski definition) is 0. The lowest BCUT2D eigenvalue weighted by atomic mass is 9.92. The van der Waals surface area contributed by atoms with E-state index in [-0.39, 0.29) is 0 Å². The molecular weight excluding hydrogens is 242 g/mol. The Kier molecular flexibility index (Phi) is 2.65. The molecule has 0 amide bonds. The van der Waals surface area contributed by atoms with Crippen molar-refractivity contribution in [3.63, 3.8) is 0 Å². The largest absolute Gasteiger partial charge is 0.459 e. The predicted octanol–water partition coefficient (Wildman–Crippen LogP) is 2.67. The van der Waals surface area contributed by atoms with Gasteiger partial charge < -0.3 is 8.83 Å². The van der Waals surface area contributed by atoms with E-state index in [1.165, 1.54) is 19.3 Å². The highest BCUT2D eigenvalue weighted by atomic mass is 16.4. The van der Waals surface area contributed by atoms with Crippen molar-refractivity contribution in [3.05, 3.63) is 24.3 Å². The molecule has 1 saturated heterocycles. The minimum absolute atomic E-state index is 0.386. The van der Waals surface area contributed by atoms with Crippen molar-refractivity contribution in [2.75, 3.05) is 13.1 Å². The molecule has 0 radical (unpaired) electrons. The molecule has 0 spiro atoms. The van der Waals surface area contributed by atoms with Crippen molar-refractivity contribution in [3.8, 4) is 11.7 Å². The molecule has 1 saturated carbocycles. The highest BCUT2D eigenvalue weighted by molar-refractivity contribution is 5.42. The lowest BCUT2D eigenvalue weighted by molar-refractivity contribution is 0.156. The van der Waals surface area contributed by atoms with Crippen LogP contribution in [0.2, 0.25) is 0 Å². The average Bonchev–Trinajstić information content (AvgIpc) is 3.08. The zero-order valence-electron chi connectivity index (χ0n) is 10.8. The Labute approximate surface area is 111 Å². The zero-order valence-corrected chi connectivity index (χ0v) is 10.8. The minimum atomic E-state index is 0.386. The molecule has 0 N–H and O–H groups in total.